The van der Waals surface area contributed by atoms with E-state index in [0.29, 0.717) is 45.6 Å². The quantitative estimate of drug-likeness (QED) is 0.0288. The molecule has 85 heavy (non-hydrogen) atoms. The molecule has 0 amide bonds. The van der Waals surface area contributed by atoms with E-state index in [2.05, 4.69) is 238 Å². The van der Waals surface area contributed by atoms with Crippen LogP contribution in [-0.4, -0.2) is 34.1 Å². The Morgan fingerprint density at radius 2 is 0.871 bits per heavy atom. The zero-order valence-corrected chi connectivity index (χ0v) is 64.2. The van der Waals surface area contributed by atoms with E-state index in [1.807, 2.05) is 74.6 Å². The van der Waals surface area contributed by atoms with Gasteiger partial charge < -0.3 is 29.2 Å². The molecule has 0 saturated carbocycles. The number of esters is 2. The summed E-state index contributed by atoms with van der Waals surface area (Å²) >= 11 is 14.9. The molecule has 0 fully saturated rings. The van der Waals surface area contributed by atoms with Gasteiger partial charge in [0, 0.05) is 12.2 Å². The fourth-order valence-electron chi connectivity index (χ4n) is 9.52. The average molecular weight is 1930 g/mol. The molecule has 17 heteroatoms. The Labute approximate surface area is 596 Å². The van der Waals surface area contributed by atoms with Crippen LogP contribution in [0.15, 0.2) is 172 Å². The van der Waals surface area contributed by atoms with Crippen molar-refractivity contribution in [2.24, 2.45) is 10.8 Å². The molecule has 4 aromatic carbocycles. The van der Waals surface area contributed by atoms with E-state index in [0.717, 1.165) is 47.3 Å². The van der Waals surface area contributed by atoms with Crippen molar-refractivity contribution in [1.29, 1.82) is 0 Å². The highest BCUT2D eigenvalue weighted by Crippen LogP contribution is 2.43. The molecule has 10 nitrogen and oxygen atoms in total. The van der Waals surface area contributed by atoms with Gasteiger partial charge in [0.1, 0.15) is 17.2 Å². The lowest BCUT2D eigenvalue weighted by Gasteiger charge is -2.33. The Hall–Kier alpha value is -3.13. The molecule has 450 valence electrons. The lowest BCUT2D eigenvalue weighted by atomic mass is 9.72. The normalized spacial score (nSPS) is 15.9. The van der Waals surface area contributed by atoms with E-state index in [9.17, 15) is 19.2 Å². The van der Waals surface area contributed by atoms with Gasteiger partial charge in [0.05, 0.1) is 37.8 Å². The van der Waals surface area contributed by atoms with E-state index in [-0.39, 0.29) is 23.7 Å². The van der Waals surface area contributed by atoms with Crippen LogP contribution in [0.5, 0.6) is 34.5 Å². The number of halogens is 7. The first-order chi connectivity index (χ1) is 39.9. The van der Waals surface area contributed by atoms with Crippen LogP contribution in [0, 0.1) is 35.8 Å². The Morgan fingerprint density at radius 3 is 1.26 bits per heavy atom. The molecule has 2 aliphatic rings. The number of allylic oxidation sites excluding steroid dienone is 18. The molecule has 4 aromatic rings. The van der Waals surface area contributed by atoms with Crippen LogP contribution in [0.25, 0.3) is 0 Å². The highest BCUT2D eigenvalue weighted by molar-refractivity contribution is 14.1. The summed E-state index contributed by atoms with van der Waals surface area (Å²) in [7, 11) is 0. The number of carbonyl (C=O) groups is 4. The van der Waals surface area contributed by atoms with Crippen molar-refractivity contribution in [3.05, 3.63) is 208 Å². The number of benzene rings is 4. The zero-order valence-electron chi connectivity index (χ0n) is 49.1. The topological polar surface area (TPSA) is 146 Å². The maximum absolute atomic E-state index is 12.7. The van der Waals surface area contributed by atoms with Crippen molar-refractivity contribution >= 4 is 182 Å². The predicted molar refractivity (Wildman–Crippen MR) is 401 cm³/mol. The third kappa shape index (κ3) is 23.6. The van der Waals surface area contributed by atoms with Gasteiger partial charge in [-0.2, -0.15) is 0 Å². The summed E-state index contributed by atoms with van der Waals surface area (Å²) in [6.07, 6.45) is 30.8. The molecular weight excluding hydrogens is 1870 g/mol. The Kier molecular flexibility index (Phi) is 29.2. The van der Waals surface area contributed by atoms with Gasteiger partial charge in [-0.1, -0.05) is 117 Å². The Morgan fingerprint density at radius 1 is 0.494 bits per heavy atom. The lowest BCUT2D eigenvalue weighted by Crippen LogP contribution is -2.19. The van der Waals surface area contributed by atoms with Crippen LogP contribution in [0.3, 0.4) is 0 Å². The first-order valence-corrected chi connectivity index (χ1v) is 34.8. The summed E-state index contributed by atoms with van der Waals surface area (Å²) in [5.41, 5.74) is 11.5. The SMILES string of the molecule is CC1=C(/C=C/C(C)=C/C=C/C(C)=C/C(=O)Oc2c(I)cc(Oc3c(I)cc(CC(=O)O)cc3I)cc2I)C(C)(C)CCC1.CC1=C(/C=C/C(C)=C/C=C/C(C)=C/C(=O)Oc2c(I)cc(Oc3ccc(CC(=O)O)cc3I)cc2I)C(C)(C)CCC1. The van der Waals surface area contributed by atoms with Crippen LogP contribution in [0.1, 0.15) is 119 Å². The van der Waals surface area contributed by atoms with Gasteiger partial charge in [0.2, 0.25) is 0 Å². The minimum atomic E-state index is -0.878. The van der Waals surface area contributed by atoms with Crippen molar-refractivity contribution in [1.82, 2.24) is 0 Å². The van der Waals surface area contributed by atoms with Crippen molar-refractivity contribution < 1.29 is 48.3 Å². The maximum Gasteiger partial charge on any atom is 0.336 e. The predicted octanol–water partition coefficient (Wildman–Crippen LogP) is 21.3. The van der Waals surface area contributed by atoms with Gasteiger partial charge in [-0.05, 0) is 331 Å². The minimum Gasteiger partial charge on any atom is -0.481 e. The Balaban J connectivity index is 0.000000311. The summed E-state index contributed by atoms with van der Waals surface area (Å²) in [5, 5.41) is 18.1. The van der Waals surface area contributed by atoms with Crippen molar-refractivity contribution in [2.45, 2.75) is 121 Å². The van der Waals surface area contributed by atoms with Crippen LogP contribution >= 0.6 is 158 Å². The summed E-state index contributed by atoms with van der Waals surface area (Å²) in [4.78, 5) is 47.5. The number of ether oxygens (including phenoxy) is 4. The Bertz CT molecular complexity index is 3460. The van der Waals surface area contributed by atoms with E-state index in [1.165, 1.54) is 73.0 Å². The molecular formula is C68H69I7O10. The molecule has 0 bridgehead atoms. The number of carboxylic acids is 2. The van der Waals surface area contributed by atoms with Gasteiger partial charge in [-0.3, -0.25) is 9.59 Å². The van der Waals surface area contributed by atoms with Crippen molar-refractivity contribution in [3.63, 3.8) is 0 Å². The molecule has 2 N–H and O–H groups in total. The maximum atomic E-state index is 12.7. The van der Waals surface area contributed by atoms with Crippen LogP contribution in [0.4, 0.5) is 0 Å². The molecule has 0 aromatic heterocycles. The van der Waals surface area contributed by atoms with E-state index < -0.39 is 23.9 Å². The van der Waals surface area contributed by atoms with Crippen LogP contribution in [-0.2, 0) is 32.0 Å². The smallest absolute Gasteiger partial charge is 0.336 e. The van der Waals surface area contributed by atoms with Crippen molar-refractivity contribution in [3.8, 4) is 34.5 Å². The lowest BCUT2D eigenvalue weighted by molar-refractivity contribution is -0.137. The molecule has 0 heterocycles. The second-order valence-corrected chi connectivity index (χ2v) is 30.3. The zero-order chi connectivity index (χ0) is 62.9. The van der Waals surface area contributed by atoms with Crippen LogP contribution < -0.4 is 18.9 Å². The second-order valence-electron chi connectivity index (χ2n) is 22.1. The molecule has 0 saturated heterocycles. The summed E-state index contributed by atoms with van der Waals surface area (Å²) in [6.45, 7) is 21.6. The van der Waals surface area contributed by atoms with Gasteiger partial charge >= 0.3 is 23.9 Å². The van der Waals surface area contributed by atoms with Crippen LogP contribution in [0.2, 0.25) is 0 Å². The number of aliphatic carboxylic acids is 2. The molecule has 0 spiro atoms. The summed E-state index contributed by atoms with van der Waals surface area (Å²) in [5.74, 6) is 0.761. The summed E-state index contributed by atoms with van der Waals surface area (Å²) < 4.78 is 29.0. The second kappa shape index (κ2) is 34.2. The average Bonchev–Trinajstić information content (AvgIpc) is 3.51. The number of hydrogen-bond acceptors (Lipinski definition) is 8. The molecule has 0 atom stereocenters. The molecule has 2 aliphatic carbocycles. The van der Waals surface area contributed by atoms with Gasteiger partial charge in [0.15, 0.2) is 17.2 Å². The third-order valence-electron chi connectivity index (χ3n) is 13.8. The molecule has 0 radical (unpaired) electrons. The fraction of sp³-hybridized carbons (Fsp3) is 0.294. The highest BCUT2D eigenvalue weighted by atomic mass is 127. The number of carbonyl (C=O) groups excluding carboxylic acids is 2. The monoisotopic (exact) mass is 1930 g/mol. The number of hydrogen-bond donors (Lipinski definition) is 2. The number of carboxylic acid groups (broad SMARTS) is 2. The first-order valence-electron chi connectivity index (χ1n) is 27.2. The van der Waals surface area contributed by atoms with Crippen molar-refractivity contribution in [2.75, 3.05) is 0 Å². The minimum absolute atomic E-state index is 0.0412. The molecule has 0 aliphatic heterocycles. The standard InChI is InChI=1S/C34H34I4O5.C34H35I3O5/c1-20(11-12-25-22(3)10-7-13-34(25,4)5)8-6-9-21(2)14-31(41)43-33-28(37)18-24(19-29(33)38)42-32-26(35)15-23(16-27(32)36)17-30(39)40;1-21(11-13-26-23(3)10-7-15-34(26,4)5)8-6-9-22(2)16-32(40)42-33-28(36)19-25(20-29(33)37)41-30-14-12-24(17-27(30)35)18-31(38)39/h6,8-9,11-12,14-16,18-19H,7,10,13,17H2,1-5H3,(H,39,40);6,8-9,11-14,16-17,19-20H,7,10,15,18H2,1-5H3,(H,38,39)/b9-6+,12-11+,20-8+,21-14+;9-6+,13-11+,21-8+,22-16+. The van der Waals surface area contributed by atoms with Gasteiger partial charge in [0.25, 0.3) is 0 Å². The van der Waals surface area contributed by atoms with E-state index in [4.69, 9.17) is 29.2 Å². The van der Waals surface area contributed by atoms with E-state index in [1.54, 1.807) is 30.3 Å². The third-order valence-corrected chi connectivity index (χ3v) is 19.5. The molecule has 6 rings (SSSR count). The van der Waals surface area contributed by atoms with Gasteiger partial charge in [-0.25, -0.2) is 9.59 Å². The van der Waals surface area contributed by atoms with Gasteiger partial charge in [-0.15, -0.1) is 0 Å². The largest absolute Gasteiger partial charge is 0.481 e. The van der Waals surface area contributed by atoms with E-state index >= 15 is 0 Å². The highest BCUT2D eigenvalue weighted by Gasteiger charge is 2.28. The fourth-order valence-corrected chi connectivity index (χ4v) is 16.2. The molecule has 0 unspecified atom stereocenters. The first kappa shape index (κ1) is 72.6. The summed E-state index contributed by atoms with van der Waals surface area (Å²) in [6, 6.07) is 16.1. The number of rotatable bonds is 20.